The van der Waals surface area contributed by atoms with Gasteiger partial charge >= 0.3 is 12.1 Å². The molecule has 0 atom stereocenters. The lowest BCUT2D eigenvalue weighted by molar-refractivity contribution is -0.167. The van der Waals surface area contributed by atoms with E-state index in [1.807, 2.05) is 0 Å². The van der Waals surface area contributed by atoms with Crippen molar-refractivity contribution in [3.05, 3.63) is 29.4 Å². The van der Waals surface area contributed by atoms with Crippen LogP contribution in [0.3, 0.4) is 0 Å². The number of alkyl halides is 3. The SMILES string of the molecule is O=C(Nc1nc2ccccc2nc1Cl)C(F)(F)F. The Labute approximate surface area is 104 Å². The molecule has 0 bridgehead atoms. The summed E-state index contributed by atoms with van der Waals surface area (Å²) in [4.78, 5) is 18.4. The molecule has 1 aromatic heterocycles. The van der Waals surface area contributed by atoms with Crippen molar-refractivity contribution in [2.75, 3.05) is 5.32 Å². The molecule has 1 amide bonds. The van der Waals surface area contributed by atoms with Gasteiger partial charge in [0.05, 0.1) is 11.0 Å². The fraction of sp³-hybridized carbons (Fsp3) is 0.100. The van der Waals surface area contributed by atoms with Crippen molar-refractivity contribution in [2.24, 2.45) is 0 Å². The zero-order valence-corrected chi connectivity index (χ0v) is 9.38. The minimum atomic E-state index is -5.00. The van der Waals surface area contributed by atoms with Crippen molar-refractivity contribution in [1.29, 1.82) is 0 Å². The van der Waals surface area contributed by atoms with E-state index < -0.39 is 17.9 Å². The van der Waals surface area contributed by atoms with Crippen LogP contribution in [0.2, 0.25) is 5.15 Å². The fourth-order valence-electron chi connectivity index (χ4n) is 1.24. The number of benzene rings is 1. The molecule has 0 aliphatic heterocycles. The fourth-order valence-corrected chi connectivity index (χ4v) is 1.42. The standard InChI is InChI=1S/C10H5ClF3N3O/c11-7-8(17-9(18)10(12,13)14)16-6-4-2-1-3-5(6)15-7/h1-4H,(H,16,17,18). The van der Waals surface area contributed by atoms with Gasteiger partial charge in [0.2, 0.25) is 0 Å². The summed E-state index contributed by atoms with van der Waals surface area (Å²) in [6.45, 7) is 0. The lowest BCUT2D eigenvalue weighted by atomic mass is 10.3. The predicted molar refractivity (Wildman–Crippen MR) is 59.2 cm³/mol. The van der Waals surface area contributed by atoms with Crippen LogP contribution in [0.4, 0.5) is 19.0 Å². The highest BCUT2D eigenvalue weighted by Gasteiger charge is 2.39. The lowest BCUT2D eigenvalue weighted by Crippen LogP contribution is -2.30. The Bertz CT molecular complexity index is 615. The molecule has 94 valence electrons. The van der Waals surface area contributed by atoms with E-state index in [9.17, 15) is 18.0 Å². The topological polar surface area (TPSA) is 54.9 Å². The summed E-state index contributed by atoms with van der Waals surface area (Å²) in [6, 6.07) is 6.47. The molecule has 8 heteroatoms. The van der Waals surface area contributed by atoms with Gasteiger partial charge in [-0.2, -0.15) is 13.2 Å². The van der Waals surface area contributed by atoms with Gasteiger partial charge in [0, 0.05) is 0 Å². The van der Waals surface area contributed by atoms with Gasteiger partial charge in [-0.05, 0) is 12.1 Å². The predicted octanol–water partition coefficient (Wildman–Crippen LogP) is 2.78. The highest BCUT2D eigenvalue weighted by Crippen LogP contribution is 2.23. The molecule has 1 heterocycles. The Hall–Kier alpha value is -1.89. The van der Waals surface area contributed by atoms with E-state index in [0.717, 1.165) is 0 Å². The van der Waals surface area contributed by atoms with Gasteiger partial charge in [0.25, 0.3) is 0 Å². The number of para-hydroxylation sites is 2. The second-order valence-electron chi connectivity index (χ2n) is 3.30. The van der Waals surface area contributed by atoms with E-state index in [1.54, 1.807) is 29.6 Å². The summed E-state index contributed by atoms with van der Waals surface area (Å²) in [5.41, 5.74) is 0.756. The molecule has 1 N–H and O–H groups in total. The van der Waals surface area contributed by atoms with E-state index in [1.165, 1.54) is 0 Å². The third kappa shape index (κ3) is 2.51. The van der Waals surface area contributed by atoms with Crippen LogP contribution in [0.5, 0.6) is 0 Å². The van der Waals surface area contributed by atoms with Crippen molar-refractivity contribution in [3.8, 4) is 0 Å². The number of hydrogen-bond donors (Lipinski definition) is 1. The number of amides is 1. The van der Waals surface area contributed by atoms with Crippen molar-refractivity contribution in [2.45, 2.75) is 6.18 Å². The summed E-state index contributed by atoms with van der Waals surface area (Å²) < 4.78 is 36.2. The molecule has 2 rings (SSSR count). The number of halogens is 4. The first-order valence-corrected chi connectivity index (χ1v) is 5.06. The molecule has 18 heavy (non-hydrogen) atoms. The summed E-state index contributed by atoms with van der Waals surface area (Å²) in [5.74, 6) is -2.56. The number of fused-ring (bicyclic) bond motifs is 1. The van der Waals surface area contributed by atoms with Crippen LogP contribution < -0.4 is 5.32 Å². The summed E-state index contributed by atoms with van der Waals surface area (Å²) in [5, 5.41) is 1.27. The van der Waals surface area contributed by atoms with Gasteiger partial charge in [-0.15, -0.1) is 0 Å². The summed E-state index contributed by atoms with van der Waals surface area (Å²) in [6.07, 6.45) is -5.00. The Balaban J connectivity index is 2.40. The molecule has 0 saturated heterocycles. The Morgan fingerprint density at radius 2 is 1.72 bits per heavy atom. The van der Waals surface area contributed by atoms with Crippen molar-refractivity contribution < 1.29 is 18.0 Å². The molecule has 0 spiro atoms. The second-order valence-corrected chi connectivity index (χ2v) is 3.66. The largest absolute Gasteiger partial charge is 0.471 e. The van der Waals surface area contributed by atoms with Gasteiger partial charge < -0.3 is 5.32 Å². The van der Waals surface area contributed by atoms with E-state index in [4.69, 9.17) is 11.6 Å². The third-order valence-corrected chi connectivity index (χ3v) is 2.28. The highest BCUT2D eigenvalue weighted by molar-refractivity contribution is 6.32. The maximum Gasteiger partial charge on any atom is 0.471 e. The first kappa shape index (κ1) is 12.6. The molecular weight excluding hydrogens is 271 g/mol. The van der Waals surface area contributed by atoms with Gasteiger partial charge in [0.15, 0.2) is 11.0 Å². The second kappa shape index (κ2) is 4.41. The van der Waals surface area contributed by atoms with Crippen LogP contribution in [-0.2, 0) is 4.79 Å². The van der Waals surface area contributed by atoms with E-state index in [2.05, 4.69) is 9.97 Å². The van der Waals surface area contributed by atoms with Crippen molar-refractivity contribution >= 4 is 34.4 Å². The minimum absolute atomic E-state index is 0.300. The number of rotatable bonds is 1. The molecule has 0 aliphatic rings. The average Bonchev–Trinajstić information content (AvgIpc) is 2.28. The molecule has 2 aromatic rings. The number of carbonyl (C=O) groups excluding carboxylic acids is 1. The van der Waals surface area contributed by atoms with E-state index in [0.29, 0.717) is 11.0 Å². The van der Waals surface area contributed by atoms with Crippen LogP contribution in [0.1, 0.15) is 0 Å². The maximum atomic E-state index is 12.1. The Kier molecular flexibility index (Phi) is 3.08. The van der Waals surface area contributed by atoms with Crippen LogP contribution in [0.15, 0.2) is 24.3 Å². The number of nitrogens with one attached hydrogen (secondary N) is 1. The summed E-state index contributed by atoms with van der Waals surface area (Å²) in [7, 11) is 0. The molecule has 0 saturated carbocycles. The van der Waals surface area contributed by atoms with E-state index >= 15 is 0 Å². The van der Waals surface area contributed by atoms with Crippen LogP contribution >= 0.6 is 11.6 Å². The van der Waals surface area contributed by atoms with Gasteiger partial charge in [-0.3, -0.25) is 4.79 Å². The monoisotopic (exact) mass is 275 g/mol. The Morgan fingerprint density at radius 1 is 1.17 bits per heavy atom. The first-order chi connectivity index (χ1) is 8.38. The molecule has 0 unspecified atom stereocenters. The highest BCUT2D eigenvalue weighted by atomic mass is 35.5. The minimum Gasteiger partial charge on any atom is -0.300 e. The maximum absolute atomic E-state index is 12.1. The normalized spacial score (nSPS) is 11.6. The van der Waals surface area contributed by atoms with Crippen LogP contribution in [0, 0.1) is 0 Å². The van der Waals surface area contributed by atoms with Gasteiger partial charge in [-0.25, -0.2) is 9.97 Å². The van der Waals surface area contributed by atoms with Crippen LogP contribution in [0.25, 0.3) is 11.0 Å². The first-order valence-electron chi connectivity index (χ1n) is 4.68. The molecule has 0 aliphatic carbocycles. The molecular formula is C10H5ClF3N3O. The molecule has 0 radical (unpaired) electrons. The zero-order chi connectivity index (χ0) is 13.3. The zero-order valence-electron chi connectivity index (χ0n) is 8.62. The molecule has 1 aromatic carbocycles. The van der Waals surface area contributed by atoms with Gasteiger partial charge in [0.1, 0.15) is 0 Å². The quantitative estimate of drug-likeness (QED) is 0.871. The average molecular weight is 276 g/mol. The number of hydrogen-bond acceptors (Lipinski definition) is 3. The summed E-state index contributed by atoms with van der Waals surface area (Å²) >= 11 is 5.64. The lowest BCUT2D eigenvalue weighted by Gasteiger charge is -2.08. The number of carbonyl (C=O) groups is 1. The number of aromatic nitrogens is 2. The van der Waals surface area contributed by atoms with Crippen LogP contribution in [-0.4, -0.2) is 22.1 Å². The molecule has 4 nitrogen and oxygen atoms in total. The van der Waals surface area contributed by atoms with E-state index in [-0.39, 0.29) is 5.15 Å². The van der Waals surface area contributed by atoms with Crippen molar-refractivity contribution in [3.63, 3.8) is 0 Å². The smallest absolute Gasteiger partial charge is 0.300 e. The number of anilines is 1. The van der Waals surface area contributed by atoms with Gasteiger partial charge in [-0.1, -0.05) is 23.7 Å². The molecule has 0 fully saturated rings. The third-order valence-electron chi connectivity index (χ3n) is 2.02. The number of nitrogens with zero attached hydrogens (tertiary/aromatic N) is 2. The van der Waals surface area contributed by atoms with Crippen molar-refractivity contribution in [1.82, 2.24) is 9.97 Å². The Morgan fingerprint density at radius 3 is 2.28 bits per heavy atom.